The summed E-state index contributed by atoms with van der Waals surface area (Å²) < 4.78 is 0. The number of hydrogen-bond acceptors (Lipinski definition) is 3. The molecule has 46 valence electrons. The zero-order valence-electron chi connectivity index (χ0n) is 4.76. The van der Waals surface area contributed by atoms with Crippen LogP contribution in [0, 0.1) is 5.92 Å². The molecular weight excluding hydrogens is 122 g/mol. The predicted octanol–water partition coefficient (Wildman–Crippen LogP) is 0.223. The standard InChI is InChI=1S/C5H9NOS/c1-3(6)4-2-8-5(4)7/h3-4H,2,6H2,1H3. The molecule has 1 fully saturated rings. The van der Waals surface area contributed by atoms with Crippen LogP contribution in [-0.2, 0) is 4.79 Å². The molecule has 0 aliphatic carbocycles. The van der Waals surface area contributed by atoms with E-state index in [1.54, 1.807) is 0 Å². The molecule has 0 bridgehead atoms. The summed E-state index contributed by atoms with van der Waals surface area (Å²) >= 11 is 1.38. The lowest BCUT2D eigenvalue weighted by Gasteiger charge is -2.25. The highest BCUT2D eigenvalue weighted by Crippen LogP contribution is 2.28. The molecule has 2 atom stereocenters. The average molecular weight is 131 g/mol. The molecule has 2 N–H and O–H groups in total. The van der Waals surface area contributed by atoms with Gasteiger partial charge in [-0.25, -0.2) is 0 Å². The molecule has 0 aromatic carbocycles. The second-order valence-electron chi connectivity index (χ2n) is 2.10. The van der Waals surface area contributed by atoms with Crippen molar-refractivity contribution >= 4 is 16.9 Å². The van der Waals surface area contributed by atoms with Gasteiger partial charge in [-0.2, -0.15) is 0 Å². The fourth-order valence-electron chi connectivity index (χ4n) is 0.614. The van der Waals surface area contributed by atoms with Crippen LogP contribution in [0.5, 0.6) is 0 Å². The van der Waals surface area contributed by atoms with E-state index in [1.807, 2.05) is 6.92 Å². The third kappa shape index (κ3) is 0.880. The molecule has 0 aromatic heterocycles. The molecule has 3 heteroatoms. The molecule has 1 heterocycles. The van der Waals surface area contributed by atoms with Crippen LogP contribution in [0.2, 0.25) is 0 Å². The van der Waals surface area contributed by atoms with Crippen LogP contribution >= 0.6 is 11.8 Å². The summed E-state index contributed by atoms with van der Waals surface area (Å²) in [5.41, 5.74) is 5.45. The second-order valence-corrected chi connectivity index (χ2v) is 3.12. The van der Waals surface area contributed by atoms with E-state index >= 15 is 0 Å². The van der Waals surface area contributed by atoms with E-state index in [0.717, 1.165) is 5.75 Å². The summed E-state index contributed by atoms with van der Waals surface area (Å²) in [6.07, 6.45) is 0. The van der Waals surface area contributed by atoms with Crippen molar-refractivity contribution in [1.82, 2.24) is 0 Å². The number of carbonyl (C=O) groups is 1. The highest BCUT2D eigenvalue weighted by molar-refractivity contribution is 8.15. The SMILES string of the molecule is CC(N)C1CSC1=O. The van der Waals surface area contributed by atoms with Gasteiger partial charge in [0.05, 0.1) is 5.92 Å². The molecule has 1 rings (SSSR count). The van der Waals surface area contributed by atoms with E-state index in [0.29, 0.717) is 0 Å². The number of thioether (sulfide) groups is 1. The lowest BCUT2D eigenvalue weighted by Crippen LogP contribution is -2.39. The normalized spacial score (nSPS) is 31.8. The number of rotatable bonds is 1. The van der Waals surface area contributed by atoms with E-state index in [-0.39, 0.29) is 17.1 Å². The smallest absolute Gasteiger partial charge is 0.194 e. The molecular formula is C5H9NOS. The van der Waals surface area contributed by atoms with Crippen LogP contribution in [0.15, 0.2) is 0 Å². The molecule has 0 aromatic rings. The van der Waals surface area contributed by atoms with Gasteiger partial charge in [0.25, 0.3) is 0 Å². The van der Waals surface area contributed by atoms with Crippen LogP contribution in [0.1, 0.15) is 6.92 Å². The van der Waals surface area contributed by atoms with Gasteiger partial charge in [0, 0.05) is 11.8 Å². The fraction of sp³-hybridized carbons (Fsp3) is 0.800. The van der Waals surface area contributed by atoms with Crippen molar-refractivity contribution in [1.29, 1.82) is 0 Å². The van der Waals surface area contributed by atoms with Gasteiger partial charge in [0.2, 0.25) is 0 Å². The van der Waals surface area contributed by atoms with E-state index in [1.165, 1.54) is 11.8 Å². The number of nitrogens with two attached hydrogens (primary N) is 1. The zero-order chi connectivity index (χ0) is 6.15. The lowest BCUT2D eigenvalue weighted by molar-refractivity contribution is -0.115. The summed E-state index contributed by atoms with van der Waals surface area (Å²) in [5, 5.41) is 0.264. The number of hydrogen-bond donors (Lipinski definition) is 1. The van der Waals surface area contributed by atoms with Gasteiger partial charge < -0.3 is 5.73 Å². The Morgan fingerprint density at radius 2 is 2.62 bits per heavy atom. The minimum absolute atomic E-state index is 0.0590. The van der Waals surface area contributed by atoms with E-state index in [4.69, 9.17) is 5.73 Å². The first kappa shape index (κ1) is 6.11. The van der Waals surface area contributed by atoms with Crippen molar-refractivity contribution in [2.75, 3.05) is 5.75 Å². The second kappa shape index (κ2) is 2.07. The van der Waals surface area contributed by atoms with Gasteiger partial charge in [0.1, 0.15) is 0 Å². The number of carbonyl (C=O) groups excluding carboxylic acids is 1. The quantitative estimate of drug-likeness (QED) is 0.553. The minimum Gasteiger partial charge on any atom is -0.327 e. The third-order valence-corrected chi connectivity index (χ3v) is 2.46. The van der Waals surface area contributed by atoms with Crippen LogP contribution in [-0.4, -0.2) is 16.9 Å². The monoisotopic (exact) mass is 131 g/mol. The molecule has 2 unspecified atom stereocenters. The minimum atomic E-state index is 0.0590. The summed E-state index contributed by atoms with van der Waals surface area (Å²) in [7, 11) is 0. The van der Waals surface area contributed by atoms with Gasteiger partial charge in [-0.05, 0) is 6.92 Å². The van der Waals surface area contributed by atoms with Crippen molar-refractivity contribution < 1.29 is 4.79 Å². The molecule has 1 saturated heterocycles. The van der Waals surface area contributed by atoms with Crippen LogP contribution in [0.4, 0.5) is 0 Å². The molecule has 0 spiro atoms. The Bertz CT molecular complexity index is 113. The summed E-state index contributed by atoms with van der Waals surface area (Å²) in [4.78, 5) is 10.6. The van der Waals surface area contributed by atoms with E-state index in [2.05, 4.69) is 0 Å². The van der Waals surface area contributed by atoms with Crippen LogP contribution in [0.25, 0.3) is 0 Å². The van der Waals surface area contributed by atoms with Gasteiger partial charge in [-0.3, -0.25) is 4.79 Å². The summed E-state index contributed by atoms with van der Waals surface area (Å²) in [6, 6.07) is 0.0590. The summed E-state index contributed by atoms with van der Waals surface area (Å²) in [6.45, 7) is 1.88. The first-order valence-corrected chi connectivity index (χ1v) is 3.62. The predicted molar refractivity (Wildman–Crippen MR) is 34.6 cm³/mol. The highest BCUT2D eigenvalue weighted by Gasteiger charge is 2.31. The Morgan fingerprint density at radius 1 is 2.00 bits per heavy atom. The van der Waals surface area contributed by atoms with Gasteiger partial charge in [-0.1, -0.05) is 11.8 Å². The zero-order valence-corrected chi connectivity index (χ0v) is 5.57. The van der Waals surface area contributed by atoms with Crippen molar-refractivity contribution in [3.63, 3.8) is 0 Å². The fourth-order valence-corrected chi connectivity index (χ4v) is 1.63. The van der Waals surface area contributed by atoms with Gasteiger partial charge >= 0.3 is 0 Å². The highest BCUT2D eigenvalue weighted by atomic mass is 32.2. The average Bonchev–Trinajstić information content (AvgIpc) is 1.61. The molecule has 1 aliphatic rings. The molecule has 0 amide bonds. The van der Waals surface area contributed by atoms with E-state index < -0.39 is 0 Å². The Hall–Kier alpha value is -0.0200. The first-order valence-electron chi connectivity index (χ1n) is 2.64. The maximum atomic E-state index is 10.6. The Kier molecular flexibility index (Phi) is 1.58. The molecule has 2 nitrogen and oxygen atoms in total. The Labute approximate surface area is 52.8 Å². The van der Waals surface area contributed by atoms with E-state index in [9.17, 15) is 4.79 Å². The van der Waals surface area contributed by atoms with Crippen molar-refractivity contribution in [2.45, 2.75) is 13.0 Å². The largest absolute Gasteiger partial charge is 0.327 e. The maximum absolute atomic E-state index is 10.6. The van der Waals surface area contributed by atoms with Gasteiger partial charge in [0.15, 0.2) is 5.12 Å². The topological polar surface area (TPSA) is 43.1 Å². The van der Waals surface area contributed by atoms with Crippen molar-refractivity contribution in [3.05, 3.63) is 0 Å². The molecule has 0 radical (unpaired) electrons. The van der Waals surface area contributed by atoms with Crippen molar-refractivity contribution in [3.8, 4) is 0 Å². The van der Waals surface area contributed by atoms with Crippen LogP contribution in [0.3, 0.4) is 0 Å². The van der Waals surface area contributed by atoms with Crippen LogP contribution < -0.4 is 5.73 Å². The molecule has 8 heavy (non-hydrogen) atoms. The Balaban J connectivity index is 2.37. The lowest BCUT2D eigenvalue weighted by atomic mass is 10.1. The van der Waals surface area contributed by atoms with Gasteiger partial charge in [-0.15, -0.1) is 0 Å². The third-order valence-electron chi connectivity index (χ3n) is 1.34. The molecule has 1 aliphatic heterocycles. The molecule has 0 saturated carbocycles. The van der Waals surface area contributed by atoms with Crippen molar-refractivity contribution in [2.24, 2.45) is 11.7 Å². The first-order chi connectivity index (χ1) is 3.72. The summed E-state index contributed by atoms with van der Waals surface area (Å²) in [5.74, 6) is 1.08. The maximum Gasteiger partial charge on any atom is 0.194 e. The Morgan fingerprint density at radius 3 is 2.62 bits per heavy atom.